The summed E-state index contributed by atoms with van der Waals surface area (Å²) in [5.74, 6) is -0.209. The molecule has 15 heavy (non-hydrogen) atoms. The van der Waals surface area contributed by atoms with E-state index in [-0.39, 0.29) is 11.4 Å². The van der Waals surface area contributed by atoms with Crippen LogP contribution in [-0.2, 0) is 0 Å². The summed E-state index contributed by atoms with van der Waals surface area (Å²) in [5, 5.41) is 3.16. The van der Waals surface area contributed by atoms with Gasteiger partial charge in [0, 0.05) is 17.8 Å². The number of nitrogens with one attached hydrogen (secondary N) is 1. The van der Waals surface area contributed by atoms with Crippen LogP contribution in [0.25, 0.3) is 0 Å². The lowest BCUT2D eigenvalue weighted by atomic mass is 10.0. The summed E-state index contributed by atoms with van der Waals surface area (Å²) in [4.78, 5) is 0. The maximum atomic E-state index is 12.8. The zero-order valence-corrected chi connectivity index (χ0v) is 9.39. The summed E-state index contributed by atoms with van der Waals surface area (Å²) in [5.41, 5.74) is 6.55. The molecule has 0 spiro atoms. The van der Waals surface area contributed by atoms with E-state index in [0.29, 0.717) is 0 Å². The lowest BCUT2D eigenvalue weighted by Gasteiger charge is -2.18. The third kappa shape index (κ3) is 5.37. The molecule has 0 atom stereocenters. The van der Waals surface area contributed by atoms with Crippen molar-refractivity contribution in [3.63, 3.8) is 0 Å². The summed E-state index contributed by atoms with van der Waals surface area (Å²) in [6.45, 7) is 4.84. The maximum Gasteiger partial charge on any atom is 0.125 e. The molecule has 0 bridgehead atoms. The highest BCUT2D eigenvalue weighted by molar-refractivity contribution is 5.42. The van der Waals surface area contributed by atoms with Gasteiger partial charge in [0.2, 0.25) is 0 Å². The topological polar surface area (TPSA) is 38.0 Å². The van der Waals surface area contributed by atoms with E-state index in [1.54, 1.807) is 6.07 Å². The van der Waals surface area contributed by atoms with Gasteiger partial charge in [-0.3, -0.25) is 0 Å². The Morgan fingerprint density at radius 3 is 2.73 bits per heavy atom. The highest BCUT2D eigenvalue weighted by Gasteiger charge is 2.08. The van der Waals surface area contributed by atoms with E-state index in [1.165, 1.54) is 12.1 Å². The van der Waals surface area contributed by atoms with Gasteiger partial charge in [-0.05, 0) is 44.9 Å². The van der Waals surface area contributed by atoms with Crippen LogP contribution in [0.15, 0.2) is 24.3 Å². The number of hydrogen-bond donors (Lipinski definition) is 2. The Labute approximate surface area is 90.7 Å². The van der Waals surface area contributed by atoms with Crippen molar-refractivity contribution < 1.29 is 4.39 Å². The monoisotopic (exact) mass is 210 g/mol. The first-order valence-corrected chi connectivity index (χ1v) is 5.26. The third-order valence-electron chi connectivity index (χ3n) is 2.15. The van der Waals surface area contributed by atoms with Gasteiger partial charge in [0.05, 0.1) is 0 Å². The van der Waals surface area contributed by atoms with Crippen molar-refractivity contribution in [1.29, 1.82) is 0 Å². The Morgan fingerprint density at radius 2 is 2.13 bits per heavy atom. The van der Waals surface area contributed by atoms with Gasteiger partial charge in [-0.1, -0.05) is 6.07 Å². The molecule has 2 nitrogen and oxygen atoms in total. The molecule has 1 aromatic carbocycles. The number of halogens is 1. The summed E-state index contributed by atoms with van der Waals surface area (Å²) in [6.07, 6.45) is 1.94. The van der Waals surface area contributed by atoms with Crippen LogP contribution in [0.5, 0.6) is 0 Å². The molecular weight excluding hydrogens is 191 g/mol. The second-order valence-electron chi connectivity index (χ2n) is 4.53. The molecule has 0 amide bonds. The number of hydrogen-bond acceptors (Lipinski definition) is 2. The first-order chi connectivity index (χ1) is 6.97. The van der Waals surface area contributed by atoms with Crippen LogP contribution in [0.2, 0.25) is 0 Å². The largest absolute Gasteiger partial charge is 0.385 e. The fraction of sp³-hybridized carbons (Fsp3) is 0.500. The summed E-state index contributed by atoms with van der Waals surface area (Å²) in [6, 6.07) is 6.49. The average Bonchev–Trinajstić information content (AvgIpc) is 2.11. The molecule has 0 saturated carbocycles. The van der Waals surface area contributed by atoms with E-state index in [2.05, 4.69) is 5.32 Å². The summed E-state index contributed by atoms with van der Waals surface area (Å²) in [7, 11) is 0. The summed E-state index contributed by atoms with van der Waals surface area (Å²) >= 11 is 0. The Hall–Kier alpha value is -1.09. The number of nitrogens with two attached hydrogens (primary N) is 1. The van der Waals surface area contributed by atoms with Crippen LogP contribution in [0, 0.1) is 5.82 Å². The molecule has 3 heteroatoms. The Morgan fingerprint density at radius 1 is 1.40 bits per heavy atom. The van der Waals surface area contributed by atoms with Gasteiger partial charge < -0.3 is 11.1 Å². The van der Waals surface area contributed by atoms with Crippen molar-refractivity contribution in [3.8, 4) is 0 Å². The van der Waals surface area contributed by atoms with Crippen molar-refractivity contribution in [3.05, 3.63) is 30.1 Å². The predicted octanol–water partition coefficient (Wildman–Crippen LogP) is 2.76. The smallest absolute Gasteiger partial charge is 0.125 e. The number of anilines is 1. The Balaban J connectivity index is 2.26. The van der Waals surface area contributed by atoms with Crippen molar-refractivity contribution in [2.45, 2.75) is 32.2 Å². The van der Waals surface area contributed by atoms with Crippen LogP contribution < -0.4 is 11.1 Å². The first kappa shape index (κ1) is 12.0. The number of benzene rings is 1. The zero-order chi connectivity index (χ0) is 11.3. The van der Waals surface area contributed by atoms with Crippen LogP contribution in [0.4, 0.5) is 10.1 Å². The van der Waals surface area contributed by atoms with E-state index in [1.807, 2.05) is 19.9 Å². The quantitative estimate of drug-likeness (QED) is 0.733. The van der Waals surface area contributed by atoms with Crippen LogP contribution in [0.1, 0.15) is 26.7 Å². The zero-order valence-electron chi connectivity index (χ0n) is 9.39. The van der Waals surface area contributed by atoms with Crippen LogP contribution in [-0.4, -0.2) is 12.1 Å². The SMILES string of the molecule is CC(C)(N)CCCNc1cccc(F)c1. The molecule has 1 rings (SSSR count). The molecule has 0 heterocycles. The van der Waals surface area contributed by atoms with Gasteiger partial charge in [0.1, 0.15) is 5.82 Å². The fourth-order valence-electron chi connectivity index (χ4n) is 1.38. The Kier molecular flexibility index (Phi) is 4.09. The highest BCUT2D eigenvalue weighted by Crippen LogP contribution is 2.11. The predicted molar refractivity (Wildman–Crippen MR) is 62.4 cm³/mol. The minimum Gasteiger partial charge on any atom is -0.385 e. The van der Waals surface area contributed by atoms with Gasteiger partial charge in [-0.15, -0.1) is 0 Å². The molecule has 1 aromatic rings. The van der Waals surface area contributed by atoms with Gasteiger partial charge in [0.25, 0.3) is 0 Å². The van der Waals surface area contributed by atoms with Crippen molar-refractivity contribution in [2.75, 3.05) is 11.9 Å². The maximum absolute atomic E-state index is 12.8. The van der Waals surface area contributed by atoms with Crippen molar-refractivity contribution >= 4 is 5.69 Å². The van der Waals surface area contributed by atoms with Crippen molar-refractivity contribution in [2.24, 2.45) is 5.73 Å². The van der Waals surface area contributed by atoms with Gasteiger partial charge in [-0.2, -0.15) is 0 Å². The van der Waals surface area contributed by atoms with Gasteiger partial charge in [0.15, 0.2) is 0 Å². The standard InChI is InChI=1S/C12H19FN2/c1-12(2,14)7-4-8-15-11-6-3-5-10(13)9-11/h3,5-6,9,15H,4,7-8,14H2,1-2H3. The van der Waals surface area contributed by atoms with Crippen molar-refractivity contribution in [1.82, 2.24) is 0 Å². The molecule has 0 aliphatic carbocycles. The van der Waals surface area contributed by atoms with Crippen LogP contribution >= 0.6 is 0 Å². The second-order valence-corrected chi connectivity index (χ2v) is 4.53. The summed E-state index contributed by atoms with van der Waals surface area (Å²) < 4.78 is 12.8. The third-order valence-corrected chi connectivity index (χ3v) is 2.15. The van der Waals surface area contributed by atoms with E-state index in [4.69, 9.17) is 5.73 Å². The molecule has 0 aliphatic heterocycles. The van der Waals surface area contributed by atoms with E-state index in [0.717, 1.165) is 25.1 Å². The van der Waals surface area contributed by atoms with E-state index < -0.39 is 0 Å². The fourth-order valence-corrected chi connectivity index (χ4v) is 1.38. The average molecular weight is 210 g/mol. The molecule has 0 saturated heterocycles. The Bertz CT molecular complexity index is 305. The van der Waals surface area contributed by atoms with E-state index in [9.17, 15) is 4.39 Å². The normalized spacial score (nSPS) is 11.5. The first-order valence-electron chi connectivity index (χ1n) is 5.26. The minimum atomic E-state index is -0.209. The van der Waals surface area contributed by atoms with Gasteiger partial charge in [-0.25, -0.2) is 4.39 Å². The second kappa shape index (κ2) is 5.12. The van der Waals surface area contributed by atoms with Crippen LogP contribution in [0.3, 0.4) is 0 Å². The minimum absolute atomic E-state index is 0.121. The molecule has 0 radical (unpaired) electrons. The molecule has 0 aromatic heterocycles. The molecule has 84 valence electrons. The van der Waals surface area contributed by atoms with Gasteiger partial charge >= 0.3 is 0 Å². The van der Waals surface area contributed by atoms with E-state index >= 15 is 0 Å². The lowest BCUT2D eigenvalue weighted by molar-refractivity contribution is 0.465. The molecule has 0 aliphatic rings. The highest BCUT2D eigenvalue weighted by atomic mass is 19.1. The lowest BCUT2D eigenvalue weighted by Crippen LogP contribution is -2.32. The molecule has 0 unspecified atom stereocenters. The molecule has 0 fully saturated rings. The molecular formula is C12H19FN2. The molecule has 3 N–H and O–H groups in total. The number of rotatable bonds is 5.